The molecule has 0 fully saturated rings. The molecule has 1 unspecified atom stereocenters. The summed E-state index contributed by atoms with van der Waals surface area (Å²) in [4.78, 5) is 36.1. The Bertz CT molecular complexity index is 620. The van der Waals surface area contributed by atoms with E-state index in [-0.39, 0.29) is 12.5 Å². The molecule has 0 spiro atoms. The number of hydrogen-bond acceptors (Lipinski definition) is 3. The zero-order valence-electron chi connectivity index (χ0n) is 15.2. The first kappa shape index (κ1) is 19.6. The number of carbonyl (C=O) groups is 3. The smallest absolute Gasteiger partial charge is 0.321 e. The van der Waals surface area contributed by atoms with Crippen LogP contribution in [0.15, 0.2) is 12.1 Å². The van der Waals surface area contributed by atoms with E-state index in [1.807, 2.05) is 32.9 Å². The number of likely N-dealkylation sites (N-methyl/N-ethyl adjacent to an activating group) is 1. The minimum absolute atomic E-state index is 0.120. The number of imide groups is 1. The zero-order valence-corrected chi connectivity index (χ0v) is 15.2. The Morgan fingerprint density at radius 1 is 1.12 bits per heavy atom. The number of nitrogens with one attached hydrogen (secondary N) is 4. The normalized spacial score (nSPS) is 12.9. The van der Waals surface area contributed by atoms with Crippen LogP contribution in [0.3, 0.4) is 0 Å². The summed E-state index contributed by atoms with van der Waals surface area (Å²) in [6.45, 7) is 7.70. The Morgan fingerprint density at radius 2 is 1.67 bits per heavy atom. The summed E-state index contributed by atoms with van der Waals surface area (Å²) in [6, 6.07) is 2.93. The third-order valence-corrected chi connectivity index (χ3v) is 3.98. The molecule has 0 heterocycles. The van der Waals surface area contributed by atoms with Crippen molar-refractivity contribution in [2.75, 3.05) is 26.0 Å². The third kappa shape index (κ3) is 5.34. The van der Waals surface area contributed by atoms with Gasteiger partial charge in [0.15, 0.2) is 12.6 Å². The number of anilines is 1. The minimum Gasteiger partial charge on any atom is -0.341 e. The van der Waals surface area contributed by atoms with Crippen LogP contribution in [0.4, 0.5) is 10.5 Å². The fraction of sp³-hybridized carbons (Fsp3) is 0.471. The van der Waals surface area contributed by atoms with Crippen LogP contribution in [-0.4, -0.2) is 44.5 Å². The summed E-state index contributed by atoms with van der Waals surface area (Å²) in [7, 11) is 3.17. The molecule has 4 N–H and O–H groups in total. The number of rotatable bonds is 5. The van der Waals surface area contributed by atoms with Gasteiger partial charge in [-0.2, -0.15) is 0 Å². The van der Waals surface area contributed by atoms with E-state index in [1.54, 1.807) is 14.0 Å². The van der Waals surface area contributed by atoms with Gasteiger partial charge in [-0.3, -0.25) is 14.9 Å². The molecule has 132 valence electrons. The molecule has 1 aromatic carbocycles. The molecule has 0 aliphatic heterocycles. The van der Waals surface area contributed by atoms with Crippen molar-refractivity contribution in [3.63, 3.8) is 0 Å². The van der Waals surface area contributed by atoms with Crippen LogP contribution in [0.2, 0.25) is 0 Å². The second-order valence-electron chi connectivity index (χ2n) is 6.14. The monoisotopic (exact) mass is 335 g/mol. The first-order valence-electron chi connectivity index (χ1n) is 7.88. The molecule has 7 heteroatoms. The van der Waals surface area contributed by atoms with E-state index >= 15 is 0 Å². The molecule has 0 radical (unpaired) electrons. The molecule has 24 heavy (non-hydrogen) atoms. The highest BCUT2D eigenvalue weighted by Gasteiger charge is 2.25. The second kappa shape index (κ2) is 8.44. The Balaban J connectivity index is 2.68. The summed E-state index contributed by atoms with van der Waals surface area (Å²) in [5.74, 6) is -0.607. The molecule has 1 aromatic rings. The summed E-state index contributed by atoms with van der Waals surface area (Å²) < 4.78 is 0. The number of benzene rings is 1. The Labute approximate surface area is 142 Å². The van der Waals surface area contributed by atoms with Gasteiger partial charge in [0.2, 0.25) is 0 Å². The number of amides is 4. The molecule has 0 bridgehead atoms. The lowest BCUT2D eigenvalue weighted by atomic mass is 10.1. The van der Waals surface area contributed by atoms with E-state index in [0.29, 0.717) is 4.90 Å². The summed E-state index contributed by atoms with van der Waals surface area (Å²) >= 11 is 0. The molecule has 0 aromatic heterocycles. The maximum atomic E-state index is 12.3. The van der Waals surface area contributed by atoms with Crippen molar-refractivity contribution in [3.8, 4) is 0 Å². The van der Waals surface area contributed by atoms with Gasteiger partial charge in [0.05, 0.1) is 7.05 Å². The topological polar surface area (TPSA) is 91.7 Å². The van der Waals surface area contributed by atoms with Crippen molar-refractivity contribution in [2.45, 2.75) is 33.7 Å². The fourth-order valence-corrected chi connectivity index (χ4v) is 2.47. The highest BCUT2D eigenvalue weighted by Crippen LogP contribution is 2.21. The summed E-state index contributed by atoms with van der Waals surface area (Å²) in [5.41, 5.74) is 3.96. The van der Waals surface area contributed by atoms with Crippen LogP contribution in [0.1, 0.15) is 23.6 Å². The number of hydrogen-bond donors (Lipinski definition) is 4. The quantitative estimate of drug-likeness (QED) is 0.606. The van der Waals surface area contributed by atoms with Gasteiger partial charge in [0, 0.05) is 12.7 Å². The van der Waals surface area contributed by atoms with Gasteiger partial charge in [-0.25, -0.2) is 4.79 Å². The van der Waals surface area contributed by atoms with Crippen molar-refractivity contribution in [1.29, 1.82) is 0 Å². The summed E-state index contributed by atoms with van der Waals surface area (Å²) in [5, 5.41) is 7.45. The molecule has 7 nitrogen and oxygen atoms in total. The van der Waals surface area contributed by atoms with Crippen LogP contribution in [0.25, 0.3) is 0 Å². The van der Waals surface area contributed by atoms with Crippen LogP contribution in [-0.2, 0) is 9.59 Å². The highest BCUT2D eigenvalue weighted by molar-refractivity contribution is 5.96. The number of quaternary nitrogens is 1. The molecule has 0 saturated heterocycles. The average Bonchev–Trinajstić information content (AvgIpc) is 2.49. The van der Waals surface area contributed by atoms with Gasteiger partial charge in [-0.05, 0) is 38.8 Å². The number of carbonyl (C=O) groups excluding carboxylic acids is 3. The lowest BCUT2D eigenvalue weighted by Crippen LogP contribution is -3.15. The predicted octanol–water partition coefficient (Wildman–Crippen LogP) is -0.0908. The molecular formula is C17H27N4O3+. The van der Waals surface area contributed by atoms with Gasteiger partial charge in [-0.15, -0.1) is 0 Å². The molecule has 0 saturated carbocycles. The molecule has 1 rings (SSSR count). The van der Waals surface area contributed by atoms with E-state index in [2.05, 4.69) is 16.0 Å². The van der Waals surface area contributed by atoms with Crippen LogP contribution in [0.5, 0.6) is 0 Å². The molecular weight excluding hydrogens is 308 g/mol. The number of urea groups is 1. The molecule has 2 atom stereocenters. The van der Waals surface area contributed by atoms with E-state index < -0.39 is 18.0 Å². The number of aryl methyl sites for hydroxylation is 3. The van der Waals surface area contributed by atoms with Crippen LogP contribution in [0, 0.1) is 20.8 Å². The average molecular weight is 335 g/mol. The highest BCUT2D eigenvalue weighted by atomic mass is 16.2. The van der Waals surface area contributed by atoms with Crippen molar-refractivity contribution in [3.05, 3.63) is 28.8 Å². The minimum atomic E-state index is -0.560. The SMILES string of the molecule is CNC(=O)NC(=O)[C@@H](C)[NH+](C)CC(=O)Nc1c(C)cc(C)cc1C. The van der Waals surface area contributed by atoms with Crippen LogP contribution >= 0.6 is 0 Å². The Hall–Kier alpha value is -2.41. The van der Waals surface area contributed by atoms with Crippen molar-refractivity contribution in [2.24, 2.45) is 0 Å². The van der Waals surface area contributed by atoms with E-state index in [4.69, 9.17) is 0 Å². The molecule has 4 amide bonds. The maximum Gasteiger partial charge on any atom is 0.321 e. The van der Waals surface area contributed by atoms with Gasteiger partial charge < -0.3 is 15.5 Å². The second-order valence-corrected chi connectivity index (χ2v) is 6.14. The zero-order chi connectivity index (χ0) is 18.4. The third-order valence-electron chi connectivity index (χ3n) is 3.98. The van der Waals surface area contributed by atoms with E-state index in [0.717, 1.165) is 22.4 Å². The van der Waals surface area contributed by atoms with Gasteiger partial charge in [0.25, 0.3) is 11.8 Å². The van der Waals surface area contributed by atoms with E-state index in [1.165, 1.54) is 7.05 Å². The fourth-order valence-electron chi connectivity index (χ4n) is 2.47. The Kier molecular flexibility index (Phi) is 6.91. The van der Waals surface area contributed by atoms with Crippen molar-refractivity contribution in [1.82, 2.24) is 10.6 Å². The van der Waals surface area contributed by atoms with Crippen molar-refractivity contribution >= 4 is 23.5 Å². The van der Waals surface area contributed by atoms with Gasteiger partial charge >= 0.3 is 6.03 Å². The first-order chi connectivity index (χ1) is 11.1. The molecule has 0 aliphatic carbocycles. The Morgan fingerprint density at radius 3 is 2.17 bits per heavy atom. The first-order valence-corrected chi connectivity index (χ1v) is 7.88. The largest absolute Gasteiger partial charge is 0.341 e. The van der Waals surface area contributed by atoms with Gasteiger partial charge in [-0.1, -0.05) is 17.7 Å². The van der Waals surface area contributed by atoms with Crippen molar-refractivity contribution < 1.29 is 19.3 Å². The van der Waals surface area contributed by atoms with Crippen LogP contribution < -0.4 is 20.9 Å². The lowest BCUT2D eigenvalue weighted by Gasteiger charge is -2.21. The summed E-state index contributed by atoms with van der Waals surface area (Å²) in [6.07, 6.45) is 0. The predicted molar refractivity (Wildman–Crippen MR) is 93.1 cm³/mol. The lowest BCUT2D eigenvalue weighted by molar-refractivity contribution is -0.885. The van der Waals surface area contributed by atoms with E-state index in [9.17, 15) is 14.4 Å². The molecule has 0 aliphatic rings. The maximum absolute atomic E-state index is 12.3. The standard InChI is InChI=1S/C17H26N4O3/c1-10-7-11(2)15(12(3)8-10)19-14(22)9-21(6)13(4)16(23)20-17(24)18-5/h7-8,13H,9H2,1-6H3,(H,19,22)(H2,18,20,23,24)/p+1/t13-/m1/s1. The van der Waals surface area contributed by atoms with Gasteiger partial charge in [0.1, 0.15) is 0 Å².